The van der Waals surface area contributed by atoms with Gasteiger partial charge in [-0.05, 0) is 11.4 Å². The van der Waals surface area contributed by atoms with Crippen LogP contribution >= 0.6 is 11.3 Å². The average molecular weight is 238 g/mol. The van der Waals surface area contributed by atoms with Crippen LogP contribution in [0.1, 0.15) is 15.2 Å². The fraction of sp³-hybridized carbons (Fsp3) is 0.0833. The molecule has 0 spiro atoms. The first-order valence-electron chi connectivity index (χ1n) is 4.64. The zero-order valence-electron chi connectivity index (χ0n) is 8.19. The standard InChI is InChI=1S/C12H8F2OS/c13-12(14,9-5-2-1-3-6-9)11(15)10-7-4-8-16-10/h1-8H. The van der Waals surface area contributed by atoms with Gasteiger partial charge in [-0.15, -0.1) is 11.3 Å². The maximum absolute atomic E-state index is 13.8. The summed E-state index contributed by atoms with van der Waals surface area (Å²) < 4.78 is 27.5. The first kappa shape index (κ1) is 11.0. The molecule has 0 saturated carbocycles. The van der Waals surface area contributed by atoms with Crippen LogP contribution in [0.4, 0.5) is 8.78 Å². The van der Waals surface area contributed by atoms with Gasteiger partial charge in [0.15, 0.2) is 0 Å². The number of hydrogen-bond donors (Lipinski definition) is 0. The normalized spacial score (nSPS) is 11.4. The molecule has 1 nitrogen and oxygen atoms in total. The van der Waals surface area contributed by atoms with Crippen molar-refractivity contribution in [3.63, 3.8) is 0 Å². The predicted octanol–water partition coefficient (Wildman–Crippen LogP) is 3.72. The van der Waals surface area contributed by atoms with Crippen LogP contribution in [0.5, 0.6) is 0 Å². The first-order chi connectivity index (χ1) is 7.62. The van der Waals surface area contributed by atoms with E-state index >= 15 is 0 Å². The molecule has 0 radical (unpaired) electrons. The number of hydrogen-bond acceptors (Lipinski definition) is 2. The Morgan fingerprint density at radius 1 is 1.06 bits per heavy atom. The summed E-state index contributed by atoms with van der Waals surface area (Å²) in [7, 11) is 0. The molecule has 0 unspecified atom stereocenters. The van der Waals surface area contributed by atoms with Gasteiger partial charge in [0.25, 0.3) is 0 Å². The smallest absolute Gasteiger partial charge is 0.286 e. The minimum Gasteiger partial charge on any atom is -0.286 e. The molecule has 0 fully saturated rings. The van der Waals surface area contributed by atoms with Crippen molar-refractivity contribution in [2.24, 2.45) is 0 Å². The Kier molecular flexibility index (Phi) is 2.83. The van der Waals surface area contributed by atoms with Crippen molar-refractivity contribution >= 4 is 17.1 Å². The lowest BCUT2D eigenvalue weighted by molar-refractivity contribution is 0.00786. The van der Waals surface area contributed by atoms with Crippen molar-refractivity contribution in [1.29, 1.82) is 0 Å². The summed E-state index contributed by atoms with van der Waals surface area (Å²) in [6.45, 7) is 0. The monoisotopic (exact) mass is 238 g/mol. The summed E-state index contributed by atoms with van der Waals surface area (Å²) >= 11 is 1.02. The largest absolute Gasteiger partial charge is 0.335 e. The van der Waals surface area contributed by atoms with Gasteiger partial charge in [0.05, 0.1) is 4.88 Å². The van der Waals surface area contributed by atoms with Gasteiger partial charge in [-0.3, -0.25) is 4.79 Å². The summed E-state index contributed by atoms with van der Waals surface area (Å²) in [5.74, 6) is -4.60. The van der Waals surface area contributed by atoms with Crippen molar-refractivity contribution in [3.8, 4) is 0 Å². The molecule has 1 heterocycles. The van der Waals surface area contributed by atoms with Gasteiger partial charge in [0.2, 0.25) is 5.78 Å². The van der Waals surface area contributed by atoms with E-state index in [0.29, 0.717) is 0 Å². The van der Waals surface area contributed by atoms with Crippen LogP contribution in [0.25, 0.3) is 0 Å². The minimum absolute atomic E-state index is 0.0776. The van der Waals surface area contributed by atoms with Gasteiger partial charge in [-0.25, -0.2) is 0 Å². The molecule has 0 bridgehead atoms. The lowest BCUT2D eigenvalue weighted by atomic mass is 10.0. The van der Waals surface area contributed by atoms with Crippen LogP contribution in [-0.2, 0) is 5.92 Å². The van der Waals surface area contributed by atoms with Gasteiger partial charge in [0, 0.05) is 5.56 Å². The summed E-state index contributed by atoms with van der Waals surface area (Å²) in [6.07, 6.45) is 0. The maximum Gasteiger partial charge on any atom is 0.335 e. The third kappa shape index (κ3) is 1.88. The first-order valence-corrected chi connectivity index (χ1v) is 5.52. The van der Waals surface area contributed by atoms with E-state index < -0.39 is 11.7 Å². The Hall–Kier alpha value is -1.55. The molecule has 0 atom stereocenters. The molecule has 16 heavy (non-hydrogen) atoms. The molecule has 2 aromatic rings. The summed E-state index contributed by atoms with van der Waals surface area (Å²) in [6, 6.07) is 10.1. The van der Waals surface area contributed by atoms with Crippen molar-refractivity contribution in [2.75, 3.05) is 0 Å². The van der Waals surface area contributed by atoms with E-state index in [2.05, 4.69) is 0 Å². The molecule has 0 aliphatic rings. The van der Waals surface area contributed by atoms with Gasteiger partial charge in [0.1, 0.15) is 0 Å². The Balaban J connectivity index is 2.36. The van der Waals surface area contributed by atoms with Crippen LogP contribution in [0, 0.1) is 0 Å². The molecule has 0 aliphatic heterocycles. The number of Topliss-reactive ketones (excluding diaryl/α,β-unsaturated/α-hetero) is 1. The van der Waals surface area contributed by atoms with Crippen molar-refractivity contribution in [2.45, 2.75) is 5.92 Å². The van der Waals surface area contributed by atoms with Crippen molar-refractivity contribution < 1.29 is 13.6 Å². The van der Waals surface area contributed by atoms with E-state index in [-0.39, 0.29) is 10.4 Å². The number of ketones is 1. The fourth-order valence-electron chi connectivity index (χ4n) is 1.34. The SMILES string of the molecule is O=C(c1cccs1)C(F)(F)c1ccccc1. The van der Waals surface area contributed by atoms with E-state index in [0.717, 1.165) is 11.3 Å². The number of carbonyl (C=O) groups excluding carboxylic acids is 1. The zero-order chi connectivity index (χ0) is 11.6. The second kappa shape index (κ2) is 4.14. The Morgan fingerprint density at radius 3 is 2.31 bits per heavy atom. The van der Waals surface area contributed by atoms with Crippen LogP contribution in [0.3, 0.4) is 0 Å². The third-order valence-corrected chi connectivity index (χ3v) is 3.04. The molecule has 1 aromatic heterocycles. The summed E-state index contributed by atoms with van der Waals surface area (Å²) in [5.41, 5.74) is -0.270. The van der Waals surface area contributed by atoms with Gasteiger partial charge >= 0.3 is 5.92 Å². The zero-order valence-corrected chi connectivity index (χ0v) is 9.01. The second-order valence-electron chi connectivity index (χ2n) is 3.25. The Morgan fingerprint density at radius 2 is 1.75 bits per heavy atom. The highest BCUT2D eigenvalue weighted by Crippen LogP contribution is 2.32. The number of carbonyl (C=O) groups is 1. The van der Waals surface area contributed by atoms with E-state index in [1.807, 2.05) is 0 Å². The molecular weight excluding hydrogens is 230 g/mol. The molecule has 1 aromatic carbocycles. The van der Waals surface area contributed by atoms with Crippen molar-refractivity contribution in [3.05, 3.63) is 58.3 Å². The second-order valence-corrected chi connectivity index (χ2v) is 4.19. The maximum atomic E-state index is 13.8. The van der Waals surface area contributed by atoms with Crippen molar-refractivity contribution in [1.82, 2.24) is 0 Å². The minimum atomic E-state index is -3.45. The molecule has 0 amide bonds. The number of alkyl halides is 2. The van der Waals surface area contributed by atoms with E-state index in [1.54, 1.807) is 17.5 Å². The highest BCUT2D eigenvalue weighted by molar-refractivity contribution is 7.12. The molecule has 82 valence electrons. The number of benzene rings is 1. The summed E-state index contributed by atoms with van der Waals surface area (Å²) in [4.78, 5) is 11.7. The van der Waals surface area contributed by atoms with Crippen LogP contribution in [0.2, 0.25) is 0 Å². The summed E-state index contributed by atoms with van der Waals surface area (Å²) in [5, 5.41) is 1.61. The predicted molar refractivity (Wildman–Crippen MR) is 59.0 cm³/mol. The molecule has 0 aliphatic carbocycles. The molecule has 0 saturated heterocycles. The van der Waals surface area contributed by atoms with Gasteiger partial charge < -0.3 is 0 Å². The Labute approximate surface area is 95.4 Å². The van der Waals surface area contributed by atoms with Crippen LogP contribution in [0.15, 0.2) is 47.8 Å². The van der Waals surface area contributed by atoms with Crippen LogP contribution < -0.4 is 0 Å². The molecule has 2 rings (SSSR count). The van der Waals surface area contributed by atoms with E-state index in [9.17, 15) is 13.6 Å². The fourth-order valence-corrected chi connectivity index (χ4v) is 2.04. The quantitative estimate of drug-likeness (QED) is 0.745. The van der Waals surface area contributed by atoms with E-state index in [1.165, 1.54) is 30.3 Å². The number of halogens is 2. The Bertz CT molecular complexity index is 477. The molecule has 0 N–H and O–H groups in total. The lowest BCUT2D eigenvalue weighted by Gasteiger charge is -2.13. The molecule has 4 heteroatoms. The third-order valence-electron chi connectivity index (χ3n) is 2.17. The lowest BCUT2D eigenvalue weighted by Crippen LogP contribution is -2.25. The topological polar surface area (TPSA) is 17.1 Å². The number of rotatable bonds is 3. The van der Waals surface area contributed by atoms with Gasteiger partial charge in [-0.1, -0.05) is 36.4 Å². The molecular formula is C12H8F2OS. The average Bonchev–Trinajstić information content (AvgIpc) is 2.82. The van der Waals surface area contributed by atoms with E-state index in [4.69, 9.17) is 0 Å². The van der Waals surface area contributed by atoms with Gasteiger partial charge in [-0.2, -0.15) is 8.78 Å². The number of thiophene rings is 1. The highest BCUT2D eigenvalue weighted by Gasteiger charge is 2.41. The van der Waals surface area contributed by atoms with Crippen LogP contribution in [-0.4, -0.2) is 5.78 Å². The highest BCUT2D eigenvalue weighted by atomic mass is 32.1.